The van der Waals surface area contributed by atoms with Gasteiger partial charge in [0, 0.05) is 19.2 Å². The van der Waals surface area contributed by atoms with E-state index in [-0.39, 0.29) is 0 Å². The number of aromatic nitrogens is 4. The standard InChI is InChI=1S/C12H16ClN5/c1-12(2)4-3-5-17(7-12)10-6-9(13)16-11-14-8-15-18(10)11/h6,8H,3-5,7H2,1-2H3. The number of hydrogen-bond donors (Lipinski definition) is 0. The number of halogens is 1. The van der Waals surface area contributed by atoms with Crippen molar-refractivity contribution in [1.82, 2.24) is 19.6 Å². The van der Waals surface area contributed by atoms with Gasteiger partial charge in [0.05, 0.1) is 0 Å². The molecule has 2 aromatic heterocycles. The second kappa shape index (κ2) is 4.09. The molecular formula is C12H16ClN5. The van der Waals surface area contributed by atoms with Gasteiger partial charge in [0.2, 0.25) is 0 Å². The van der Waals surface area contributed by atoms with Gasteiger partial charge in [-0.3, -0.25) is 0 Å². The zero-order valence-electron chi connectivity index (χ0n) is 10.6. The largest absolute Gasteiger partial charge is 0.356 e. The van der Waals surface area contributed by atoms with Gasteiger partial charge in [-0.2, -0.15) is 19.6 Å². The summed E-state index contributed by atoms with van der Waals surface area (Å²) in [5.74, 6) is 1.54. The van der Waals surface area contributed by atoms with Crippen molar-refractivity contribution in [2.24, 2.45) is 5.41 Å². The molecule has 0 aliphatic carbocycles. The summed E-state index contributed by atoms with van der Waals surface area (Å²) in [4.78, 5) is 10.6. The number of nitrogens with zero attached hydrogens (tertiary/aromatic N) is 5. The van der Waals surface area contributed by atoms with Crippen LogP contribution in [-0.4, -0.2) is 32.7 Å². The predicted molar refractivity (Wildman–Crippen MR) is 71.0 cm³/mol. The Morgan fingerprint density at radius 1 is 1.39 bits per heavy atom. The Morgan fingerprint density at radius 2 is 2.22 bits per heavy atom. The van der Waals surface area contributed by atoms with Gasteiger partial charge in [-0.15, -0.1) is 0 Å². The molecule has 0 aromatic carbocycles. The van der Waals surface area contributed by atoms with Crippen molar-refractivity contribution in [2.75, 3.05) is 18.0 Å². The highest BCUT2D eigenvalue weighted by molar-refractivity contribution is 6.29. The van der Waals surface area contributed by atoms with E-state index in [0.717, 1.165) is 18.9 Å². The molecule has 6 heteroatoms. The third-order valence-electron chi connectivity index (χ3n) is 3.43. The Kier molecular flexibility index (Phi) is 2.66. The van der Waals surface area contributed by atoms with Crippen LogP contribution in [0.25, 0.3) is 5.78 Å². The molecule has 0 radical (unpaired) electrons. The second-order valence-electron chi connectivity index (χ2n) is 5.60. The first-order chi connectivity index (χ1) is 8.55. The lowest BCUT2D eigenvalue weighted by atomic mass is 9.84. The summed E-state index contributed by atoms with van der Waals surface area (Å²) in [5.41, 5.74) is 0.320. The van der Waals surface area contributed by atoms with Gasteiger partial charge >= 0.3 is 0 Å². The molecule has 0 bridgehead atoms. The van der Waals surface area contributed by atoms with Crippen molar-refractivity contribution < 1.29 is 0 Å². The van der Waals surface area contributed by atoms with Crippen molar-refractivity contribution >= 4 is 23.2 Å². The molecule has 3 rings (SSSR count). The molecule has 1 fully saturated rings. The van der Waals surface area contributed by atoms with E-state index in [1.165, 1.54) is 19.2 Å². The van der Waals surface area contributed by atoms with Crippen molar-refractivity contribution in [3.63, 3.8) is 0 Å². The average Bonchev–Trinajstić information content (AvgIpc) is 2.74. The summed E-state index contributed by atoms with van der Waals surface area (Å²) in [7, 11) is 0. The molecule has 5 nitrogen and oxygen atoms in total. The fourth-order valence-corrected chi connectivity index (χ4v) is 2.79. The molecule has 0 unspecified atom stereocenters. The highest BCUT2D eigenvalue weighted by Gasteiger charge is 2.28. The van der Waals surface area contributed by atoms with E-state index in [0.29, 0.717) is 16.3 Å². The monoisotopic (exact) mass is 265 g/mol. The number of anilines is 1. The zero-order valence-corrected chi connectivity index (χ0v) is 11.4. The second-order valence-corrected chi connectivity index (χ2v) is 5.99. The van der Waals surface area contributed by atoms with E-state index < -0.39 is 0 Å². The summed E-state index contributed by atoms with van der Waals surface area (Å²) in [6.45, 7) is 6.61. The minimum absolute atomic E-state index is 0.320. The quantitative estimate of drug-likeness (QED) is 0.743. The molecule has 0 atom stereocenters. The Morgan fingerprint density at radius 3 is 3.00 bits per heavy atom. The first kappa shape index (κ1) is 11.7. The number of piperidine rings is 1. The fourth-order valence-electron chi connectivity index (χ4n) is 2.61. The maximum Gasteiger partial charge on any atom is 0.255 e. The summed E-state index contributed by atoms with van der Waals surface area (Å²) < 4.78 is 1.76. The molecule has 1 aliphatic rings. The third kappa shape index (κ3) is 2.03. The van der Waals surface area contributed by atoms with Crippen LogP contribution in [0, 0.1) is 5.41 Å². The molecule has 96 valence electrons. The molecule has 0 N–H and O–H groups in total. The SMILES string of the molecule is CC1(C)CCCN(c2cc(Cl)nc3ncnn23)C1. The molecule has 18 heavy (non-hydrogen) atoms. The zero-order chi connectivity index (χ0) is 12.8. The summed E-state index contributed by atoms with van der Waals surface area (Å²) >= 11 is 6.05. The van der Waals surface area contributed by atoms with Crippen molar-refractivity contribution in [3.8, 4) is 0 Å². The van der Waals surface area contributed by atoms with E-state index in [9.17, 15) is 0 Å². The summed E-state index contributed by atoms with van der Waals surface area (Å²) in [6.07, 6.45) is 3.95. The third-order valence-corrected chi connectivity index (χ3v) is 3.62. The van der Waals surface area contributed by atoms with Crippen LogP contribution in [0.2, 0.25) is 5.15 Å². The molecule has 3 heterocycles. The van der Waals surface area contributed by atoms with Gasteiger partial charge in [-0.25, -0.2) is 0 Å². The minimum atomic E-state index is 0.320. The highest BCUT2D eigenvalue weighted by Crippen LogP contribution is 2.32. The van der Waals surface area contributed by atoms with Crippen LogP contribution in [0.5, 0.6) is 0 Å². The summed E-state index contributed by atoms with van der Waals surface area (Å²) in [5, 5.41) is 4.69. The number of rotatable bonds is 1. The lowest BCUT2D eigenvalue weighted by molar-refractivity contribution is 0.291. The molecular weight excluding hydrogens is 250 g/mol. The predicted octanol–water partition coefficient (Wildman–Crippen LogP) is 2.40. The first-order valence-corrected chi connectivity index (χ1v) is 6.54. The van der Waals surface area contributed by atoms with Crippen molar-refractivity contribution in [1.29, 1.82) is 0 Å². The van der Waals surface area contributed by atoms with Crippen LogP contribution < -0.4 is 4.90 Å². The van der Waals surface area contributed by atoms with Crippen LogP contribution in [0.3, 0.4) is 0 Å². The van der Waals surface area contributed by atoms with Gasteiger partial charge in [0.1, 0.15) is 17.3 Å². The molecule has 0 saturated carbocycles. The van der Waals surface area contributed by atoms with Crippen LogP contribution in [0.4, 0.5) is 5.82 Å². The highest BCUT2D eigenvalue weighted by atomic mass is 35.5. The Bertz CT molecular complexity index is 577. The average molecular weight is 266 g/mol. The van der Waals surface area contributed by atoms with E-state index in [2.05, 4.69) is 33.8 Å². The van der Waals surface area contributed by atoms with E-state index in [4.69, 9.17) is 11.6 Å². The van der Waals surface area contributed by atoms with Crippen LogP contribution in [0.1, 0.15) is 26.7 Å². The van der Waals surface area contributed by atoms with Crippen molar-refractivity contribution in [3.05, 3.63) is 17.5 Å². The smallest absolute Gasteiger partial charge is 0.255 e. The number of fused-ring (bicyclic) bond motifs is 1. The minimum Gasteiger partial charge on any atom is -0.356 e. The van der Waals surface area contributed by atoms with Crippen LogP contribution >= 0.6 is 11.6 Å². The Labute approximate surface area is 111 Å². The van der Waals surface area contributed by atoms with Gasteiger partial charge < -0.3 is 4.90 Å². The molecule has 1 aliphatic heterocycles. The van der Waals surface area contributed by atoms with E-state index in [1.807, 2.05) is 6.07 Å². The maximum absolute atomic E-state index is 6.05. The number of hydrogen-bond acceptors (Lipinski definition) is 4. The van der Waals surface area contributed by atoms with Crippen LogP contribution in [0.15, 0.2) is 12.4 Å². The molecule has 0 spiro atoms. The van der Waals surface area contributed by atoms with Crippen molar-refractivity contribution in [2.45, 2.75) is 26.7 Å². The van der Waals surface area contributed by atoms with Gasteiger partial charge in [0.25, 0.3) is 5.78 Å². The maximum atomic E-state index is 6.05. The molecule has 2 aromatic rings. The lowest BCUT2D eigenvalue weighted by Crippen LogP contribution is -2.41. The normalized spacial score (nSPS) is 19.4. The molecule has 0 amide bonds. The Hall–Kier alpha value is -1.36. The van der Waals surface area contributed by atoms with E-state index >= 15 is 0 Å². The molecule has 1 saturated heterocycles. The van der Waals surface area contributed by atoms with Gasteiger partial charge in [-0.1, -0.05) is 25.4 Å². The topological polar surface area (TPSA) is 46.3 Å². The van der Waals surface area contributed by atoms with E-state index in [1.54, 1.807) is 4.52 Å². The van der Waals surface area contributed by atoms with Gasteiger partial charge in [-0.05, 0) is 18.3 Å². The Balaban J connectivity index is 2.05. The van der Waals surface area contributed by atoms with Crippen LogP contribution in [-0.2, 0) is 0 Å². The fraction of sp³-hybridized carbons (Fsp3) is 0.583. The van der Waals surface area contributed by atoms with Gasteiger partial charge in [0.15, 0.2) is 0 Å². The summed E-state index contributed by atoms with van der Waals surface area (Å²) in [6, 6.07) is 1.87. The lowest BCUT2D eigenvalue weighted by Gasteiger charge is -2.39. The first-order valence-electron chi connectivity index (χ1n) is 6.16.